The number of hydrogen-bond acceptors (Lipinski definition) is 6. The van der Waals surface area contributed by atoms with Crippen LogP contribution in [0.4, 0.5) is 13.2 Å². The molecule has 25 heavy (non-hydrogen) atoms. The second kappa shape index (κ2) is 8.19. The Morgan fingerprint density at radius 2 is 2.04 bits per heavy atom. The van der Waals surface area contributed by atoms with E-state index in [9.17, 15) is 18.0 Å². The number of aromatic nitrogens is 4. The third kappa shape index (κ3) is 5.93. The molecule has 136 valence electrons. The molecule has 1 atom stereocenters. The van der Waals surface area contributed by atoms with Crippen molar-refractivity contribution in [3.63, 3.8) is 0 Å². The van der Waals surface area contributed by atoms with Crippen molar-refractivity contribution in [3.8, 4) is 11.4 Å². The lowest BCUT2D eigenvalue weighted by molar-refractivity contribution is -0.274. The fourth-order valence-corrected chi connectivity index (χ4v) is 2.47. The van der Waals surface area contributed by atoms with E-state index in [1.807, 2.05) is 13.8 Å². The van der Waals surface area contributed by atoms with Gasteiger partial charge in [-0.25, -0.2) is 0 Å². The van der Waals surface area contributed by atoms with Crippen LogP contribution in [0.5, 0.6) is 5.75 Å². The average Bonchev–Trinajstić information content (AvgIpc) is 3.00. The average molecular weight is 375 g/mol. The van der Waals surface area contributed by atoms with E-state index < -0.39 is 6.36 Å². The summed E-state index contributed by atoms with van der Waals surface area (Å²) in [5.74, 6) is -0.366. The molecule has 1 N–H and O–H groups in total. The number of alkyl halides is 3. The van der Waals surface area contributed by atoms with E-state index in [1.54, 1.807) is 0 Å². The number of rotatable bonds is 7. The van der Waals surface area contributed by atoms with Crippen LogP contribution in [-0.2, 0) is 4.79 Å². The lowest BCUT2D eigenvalue weighted by Gasteiger charge is -2.11. The van der Waals surface area contributed by atoms with Crippen molar-refractivity contribution >= 4 is 17.7 Å². The van der Waals surface area contributed by atoms with Gasteiger partial charge in [0, 0.05) is 6.04 Å². The van der Waals surface area contributed by atoms with E-state index in [0.717, 1.165) is 30.3 Å². The molecule has 11 heteroatoms. The second-order valence-corrected chi connectivity index (χ2v) is 6.02. The number of ether oxygens (including phenoxy) is 1. The number of thioether (sulfide) groups is 1. The standard InChI is InChI=1S/C14H16F3N5O2S/c1-3-9(2)18-12(23)8-25-13-19-20-21-22(13)10-4-6-11(7-5-10)24-14(15,16)17/h4-7,9H,3,8H2,1-2H3,(H,18,23)/t9-/m0/s1. The topological polar surface area (TPSA) is 81.9 Å². The third-order valence-corrected chi connectivity index (χ3v) is 4.03. The first kappa shape index (κ1) is 19.0. The van der Waals surface area contributed by atoms with Crippen LogP contribution in [0.1, 0.15) is 20.3 Å². The minimum atomic E-state index is -4.75. The van der Waals surface area contributed by atoms with Gasteiger partial charge in [-0.2, -0.15) is 4.68 Å². The molecule has 0 aliphatic carbocycles. The van der Waals surface area contributed by atoms with Crippen LogP contribution in [0.3, 0.4) is 0 Å². The summed E-state index contributed by atoms with van der Waals surface area (Å²) in [6, 6.07) is 5.18. The molecular weight excluding hydrogens is 359 g/mol. The molecule has 2 aromatic rings. The van der Waals surface area contributed by atoms with E-state index in [4.69, 9.17) is 0 Å². The number of nitrogens with zero attached hydrogens (tertiary/aromatic N) is 4. The fraction of sp³-hybridized carbons (Fsp3) is 0.429. The van der Waals surface area contributed by atoms with Crippen molar-refractivity contribution in [2.75, 3.05) is 5.75 Å². The summed E-state index contributed by atoms with van der Waals surface area (Å²) in [7, 11) is 0. The second-order valence-electron chi connectivity index (χ2n) is 5.08. The SMILES string of the molecule is CC[C@H](C)NC(=O)CSc1nnnn1-c1ccc(OC(F)(F)F)cc1. The maximum absolute atomic E-state index is 12.2. The Balaban J connectivity index is 2.02. The maximum atomic E-state index is 12.2. The molecular formula is C14H16F3N5O2S. The Morgan fingerprint density at radius 1 is 1.36 bits per heavy atom. The van der Waals surface area contributed by atoms with Gasteiger partial charge in [0.25, 0.3) is 0 Å². The summed E-state index contributed by atoms with van der Waals surface area (Å²) in [5, 5.41) is 14.3. The molecule has 0 spiro atoms. The van der Waals surface area contributed by atoms with Crippen LogP contribution >= 0.6 is 11.8 Å². The van der Waals surface area contributed by atoms with E-state index in [-0.39, 0.29) is 23.5 Å². The number of tetrazole rings is 1. The molecule has 0 radical (unpaired) electrons. The summed E-state index contributed by atoms with van der Waals surface area (Å²) in [6.07, 6.45) is -3.93. The van der Waals surface area contributed by atoms with Gasteiger partial charge in [-0.3, -0.25) is 4.79 Å². The predicted octanol–water partition coefficient (Wildman–Crippen LogP) is 2.57. The van der Waals surface area contributed by atoms with E-state index in [2.05, 4.69) is 25.6 Å². The molecule has 0 unspecified atom stereocenters. The van der Waals surface area contributed by atoms with E-state index in [1.165, 1.54) is 16.8 Å². The molecule has 2 rings (SSSR count). The molecule has 1 amide bonds. The molecule has 1 heterocycles. The highest BCUT2D eigenvalue weighted by molar-refractivity contribution is 7.99. The predicted molar refractivity (Wildman–Crippen MR) is 84.5 cm³/mol. The number of hydrogen-bond donors (Lipinski definition) is 1. The lowest BCUT2D eigenvalue weighted by atomic mass is 10.3. The first-order valence-electron chi connectivity index (χ1n) is 7.35. The van der Waals surface area contributed by atoms with Gasteiger partial charge in [0.2, 0.25) is 11.1 Å². The molecule has 0 bridgehead atoms. The molecule has 0 saturated carbocycles. The van der Waals surface area contributed by atoms with Gasteiger partial charge >= 0.3 is 6.36 Å². The van der Waals surface area contributed by atoms with Crippen LogP contribution < -0.4 is 10.1 Å². The zero-order valence-electron chi connectivity index (χ0n) is 13.4. The number of nitrogens with one attached hydrogen (secondary N) is 1. The summed E-state index contributed by atoms with van der Waals surface area (Å²) in [4.78, 5) is 11.8. The summed E-state index contributed by atoms with van der Waals surface area (Å²) in [6.45, 7) is 3.86. The van der Waals surface area contributed by atoms with Gasteiger partial charge in [-0.1, -0.05) is 18.7 Å². The van der Waals surface area contributed by atoms with Crippen LogP contribution in [0.2, 0.25) is 0 Å². The molecule has 1 aromatic heterocycles. The highest BCUT2D eigenvalue weighted by atomic mass is 32.2. The first-order chi connectivity index (χ1) is 11.8. The van der Waals surface area contributed by atoms with Crippen LogP contribution in [0.25, 0.3) is 5.69 Å². The van der Waals surface area contributed by atoms with Gasteiger partial charge in [0.05, 0.1) is 11.4 Å². The van der Waals surface area contributed by atoms with Crippen LogP contribution in [0.15, 0.2) is 29.4 Å². The van der Waals surface area contributed by atoms with Crippen molar-refractivity contribution in [1.82, 2.24) is 25.5 Å². The van der Waals surface area contributed by atoms with Crippen molar-refractivity contribution in [1.29, 1.82) is 0 Å². The highest BCUT2D eigenvalue weighted by Gasteiger charge is 2.31. The Morgan fingerprint density at radius 3 is 2.64 bits per heavy atom. The number of halogens is 3. The van der Waals surface area contributed by atoms with Crippen molar-refractivity contribution in [2.45, 2.75) is 37.8 Å². The van der Waals surface area contributed by atoms with Gasteiger partial charge in [0.15, 0.2) is 0 Å². The Bertz CT molecular complexity index is 705. The van der Waals surface area contributed by atoms with Gasteiger partial charge in [-0.15, -0.1) is 18.3 Å². The zero-order valence-corrected chi connectivity index (χ0v) is 14.3. The summed E-state index contributed by atoms with van der Waals surface area (Å²) < 4.78 is 41.7. The van der Waals surface area contributed by atoms with E-state index >= 15 is 0 Å². The number of benzene rings is 1. The molecule has 0 saturated heterocycles. The third-order valence-electron chi connectivity index (χ3n) is 3.11. The highest BCUT2D eigenvalue weighted by Crippen LogP contribution is 2.24. The van der Waals surface area contributed by atoms with Crippen LogP contribution in [-0.4, -0.2) is 44.3 Å². The monoisotopic (exact) mass is 375 g/mol. The minimum absolute atomic E-state index is 0.0743. The van der Waals surface area contributed by atoms with Gasteiger partial charge in [0.1, 0.15) is 5.75 Å². The molecule has 0 fully saturated rings. The van der Waals surface area contributed by atoms with Gasteiger partial charge < -0.3 is 10.1 Å². The fourth-order valence-electron chi connectivity index (χ4n) is 1.77. The van der Waals surface area contributed by atoms with Crippen molar-refractivity contribution in [3.05, 3.63) is 24.3 Å². The Labute approximate surface area is 145 Å². The van der Waals surface area contributed by atoms with Crippen molar-refractivity contribution < 1.29 is 22.7 Å². The summed E-state index contributed by atoms with van der Waals surface area (Å²) in [5.41, 5.74) is 0.448. The lowest BCUT2D eigenvalue weighted by Crippen LogP contribution is -2.33. The maximum Gasteiger partial charge on any atom is 0.573 e. The molecule has 0 aliphatic heterocycles. The van der Waals surface area contributed by atoms with Gasteiger partial charge in [-0.05, 0) is 48.0 Å². The van der Waals surface area contributed by atoms with Crippen LogP contribution in [0, 0.1) is 0 Å². The normalized spacial score (nSPS) is 12.7. The summed E-state index contributed by atoms with van der Waals surface area (Å²) >= 11 is 1.13. The molecule has 7 nitrogen and oxygen atoms in total. The quantitative estimate of drug-likeness (QED) is 0.749. The zero-order chi connectivity index (χ0) is 18.4. The first-order valence-corrected chi connectivity index (χ1v) is 8.33. The number of carbonyl (C=O) groups excluding carboxylic acids is 1. The molecule has 1 aromatic carbocycles. The number of amides is 1. The largest absolute Gasteiger partial charge is 0.573 e. The Kier molecular flexibility index (Phi) is 6.23. The smallest absolute Gasteiger partial charge is 0.406 e. The Hall–Kier alpha value is -2.30. The van der Waals surface area contributed by atoms with E-state index in [0.29, 0.717) is 10.8 Å². The van der Waals surface area contributed by atoms with Crippen molar-refractivity contribution in [2.24, 2.45) is 0 Å². The minimum Gasteiger partial charge on any atom is -0.406 e. The molecule has 0 aliphatic rings. The number of carbonyl (C=O) groups is 1.